The Morgan fingerprint density at radius 1 is 1.29 bits per heavy atom. The number of rotatable bonds is 2. The maximum Gasteiger partial charge on any atom is 0.233 e. The van der Waals surface area contributed by atoms with Crippen LogP contribution in [0.4, 0.5) is 11.5 Å². The number of carbonyl (C=O) groups excluding carboxylic acids is 1. The molecule has 1 atom stereocenters. The predicted molar refractivity (Wildman–Crippen MR) is 83.0 cm³/mol. The summed E-state index contributed by atoms with van der Waals surface area (Å²) in [4.78, 5) is 20.2. The largest absolute Gasteiger partial charge is 0.385 e. The van der Waals surface area contributed by atoms with Crippen molar-refractivity contribution in [1.29, 1.82) is 0 Å². The van der Waals surface area contributed by atoms with E-state index in [-0.39, 0.29) is 27.8 Å². The van der Waals surface area contributed by atoms with Crippen molar-refractivity contribution in [3.63, 3.8) is 0 Å². The summed E-state index contributed by atoms with van der Waals surface area (Å²) < 4.78 is 0. The molecular formula is C14H12Cl2N4O. The van der Waals surface area contributed by atoms with Gasteiger partial charge in [-0.15, -0.1) is 0 Å². The van der Waals surface area contributed by atoms with Crippen LogP contribution in [0.25, 0.3) is 0 Å². The van der Waals surface area contributed by atoms with Crippen molar-refractivity contribution < 1.29 is 4.79 Å². The molecule has 0 fully saturated rings. The van der Waals surface area contributed by atoms with Gasteiger partial charge in [-0.25, -0.2) is 9.97 Å². The van der Waals surface area contributed by atoms with Gasteiger partial charge in [0.2, 0.25) is 5.91 Å². The lowest BCUT2D eigenvalue weighted by molar-refractivity contribution is -0.117. The molecule has 0 spiro atoms. The van der Waals surface area contributed by atoms with Gasteiger partial charge in [0.05, 0.1) is 5.92 Å². The Hall–Kier alpha value is -1.85. The van der Waals surface area contributed by atoms with E-state index >= 15 is 0 Å². The Labute approximate surface area is 131 Å². The molecule has 0 radical (unpaired) electrons. The molecule has 21 heavy (non-hydrogen) atoms. The number of nitrogens with one attached hydrogen (secondary N) is 2. The quantitative estimate of drug-likeness (QED) is 0.832. The summed E-state index contributed by atoms with van der Waals surface area (Å²) in [5, 5.41) is 6.27. The monoisotopic (exact) mass is 322 g/mol. The highest BCUT2D eigenvalue weighted by atomic mass is 35.5. The fraction of sp³-hybridized carbons (Fsp3) is 0.214. The first-order valence-electron chi connectivity index (χ1n) is 6.46. The molecule has 1 aromatic heterocycles. The number of hydrogen-bond acceptors (Lipinski definition) is 4. The molecule has 0 saturated heterocycles. The molecule has 0 saturated carbocycles. The Kier molecular flexibility index (Phi) is 3.94. The summed E-state index contributed by atoms with van der Waals surface area (Å²) in [5.74, 6) is -0.162. The molecule has 1 unspecified atom stereocenters. The van der Waals surface area contributed by atoms with Crippen LogP contribution in [0, 0.1) is 0 Å². The smallest absolute Gasteiger partial charge is 0.233 e. The van der Waals surface area contributed by atoms with Gasteiger partial charge in [0, 0.05) is 12.2 Å². The molecule has 2 aromatic rings. The fourth-order valence-corrected chi connectivity index (χ4v) is 2.66. The van der Waals surface area contributed by atoms with E-state index in [9.17, 15) is 4.79 Å². The molecule has 5 nitrogen and oxygen atoms in total. The maximum atomic E-state index is 12.5. The molecular weight excluding hydrogens is 311 g/mol. The van der Waals surface area contributed by atoms with Crippen molar-refractivity contribution in [3.05, 3.63) is 46.3 Å². The zero-order valence-electron chi connectivity index (χ0n) is 10.9. The number of fused-ring (bicyclic) bond motifs is 1. The Morgan fingerprint density at radius 3 is 2.95 bits per heavy atom. The summed E-state index contributed by atoms with van der Waals surface area (Å²) in [5.41, 5.74) is 1.95. The Balaban J connectivity index is 1.85. The van der Waals surface area contributed by atoms with Gasteiger partial charge < -0.3 is 10.6 Å². The molecule has 1 amide bonds. The summed E-state index contributed by atoms with van der Waals surface area (Å²) in [6, 6.07) is 7.76. The minimum atomic E-state index is -0.243. The molecule has 1 aliphatic heterocycles. The number of halogens is 2. The van der Waals surface area contributed by atoms with Gasteiger partial charge >= 0.3 is 0 Å². The van der Waals surface area contributed by atoms with E-state index in [0.717, 1.165) is 17.8 Å². The highest BCUT2D eigenvalue weighted by Gasteiger charge is 2.27. The van der Waals surface area contributed by atoms with Crippen LogP contribution < -0.4 is 10.6 Å². The van der Waals surface area contributed by atoms with Gasteiger partial charge in [0.25, 0.3) is 0 Å². The summed E-state index contributed by atoms with van der Waals surface area (Å²) in [6.45, 7) is 0.743. The molecule has 2 N–H and O–H groups in total. The third-order valence-electron chi connectivity index (χ3n) is 3.39. The standard InChI is InChI=1S/C14H12Cl2N4O/c15-11-12(16)18-7-19-13(11)20-14(21)9-5-6-17-10-4-2-1-3-8(9)10/h1-4,7,9,17H,5-6H2,(H,18,19,20,21). The lowest BCUT2D eigenvalue weighted by Gasteiger charge is -2.25. The number of hydrogen-bond donors (Lipinski definition) is 2. The van der Waals surface area contributed by atoms with E-state index in [0.29, 0.717) is 6.42 Å². The zero-order chi connectivity index (χ0) is 14.8. The summed E-state index contributed by atoms with van der Waals surface area (Å²) >= 11 is 11.8. The van der Waals surface area contributed by atoms with Gasteiger partial charge in [-0.05, 0) is 18.1 Å². The van der Waals surface area contributed by atoms with Gasteiger partial charge in [0.1, 0.15) is 11.3 Å². The number of amides is 1. The highest BCUT2D eigenvalue weighted by molar-refractivity contribution is 6.42. The third kappa shape index (κ3) is 2.80. The van der Waals surface area contributed by atoms with E-state index in [2.05, 4.69) is 20.6 Å². The lowest BCUT2D eigenvalue weighted by atomic mass is 9.90. The molecule has 108 valence electrons. The van der Waals surface area contributed by atoms with Gasteiger partial charge in [-0.3, -0.25) is 4.79 Å². The zero-order valence-corrected chi connectivity index (χ0v) is 12.4. The maximum absolute atomic E-state index is 12.5. The Bertz CT molecular complexity index is 692. The molecule has 0 bridgehead atoms. The second-order valence-corrected chi connectivity index (χ2v) is 5.41. The lowest BCUT2D eigenvalue weighted by Crippen LogP contribution is -2.28. The van der Waals surface area contributed by atoms with Crippen LogP contribution in [0.5, 0.6) is 0 Å². The summed E-state index contributed by atoms with van der Waals surface area (Å²) in [6.07, 6.45) is 1.97. The minimum absolute atomic E-state index is 0.118. The normalized spacial score (nSPS) is 16.8. The molecule has 1 aromatic carbocycles. The first-order valence-corrected chi connectivity index (χ1v) is 7.22. The van der Waals surface area contributed by atoms with Crippen LogP contribution in [0.3, 0.4) is 0 Å². The average molecular weight is 323 g/mol. The van der Waals surface area contributed by atoms with E-state index in [1.54, 1.807) is 0 Å². The first kappa shape index (κ1) is 14.1. The average Bonchev–Trinajstić information content (AvgIpc) is 2.51. The van der Waals surface area contributed by atoms with Crippen molar-refractivity contribution in [2.24, 2.45) is 0 Å². The minimum Gasteiger partial charge on any atom is -0.385 e. The van der Waals surface area contributed by atoms with Crippen molar-refractivity contribution in [2.75, 3.05) is 17.2 Å². The highest BCUT2D eigenvalue weighted by Crippen LogP contribution is 2.33. The predicted octanol–water partition coefficient (Wildman–Crippen LogP) is 3.32. The molecule has 2 heterocycles. The number of para-hydroxylation sites is 1. The van der Waals surface area contributed by atoms with Gasteiger partial charge in [-0.2, -0.15) is 0 Å². The number of benzene rings is 1. The van der Waals surface area contributed by atoms with E-state index < -0.39 is 0 Å². The molecule has 3 rings (SSSR count). The van der Waals surface area contributed by atoms with Crippen LogP contribution in [-0.2, 0) is 4.79 Å². The van der Waals surface area contributed by atoms with Crippen molar-refractivity contribution in [2.45, 2.75) is 12.3 Å². The first-order chi connectivity index (χ1) is 10.2. The third-order valence-corrected chi connectivity index (χ3v) is 4.13. The fourth-order valence-electron chi connectivity index (χ4n) is 2.38. The number of carbonyl (C=O) groups is 1. The Morgan fingerprint density at radius 2 is 2.10 bits per heavy atom. The van der Waals surface area contributed by atoms with Crippen LogP contribution in [-0.4, -0.2) is 22.4 Å². The SMILES string of the molecule is O=C(Nc1ncnc(Cl)c1Cl)C1CCNc2ccccc21. The van der Waals surface area contributed by atoms with Crippen molar-refractivity contribution >= 4 is 40.6 Å². The number of aromatic nitrogens is 2. The van der Waals surface area contributed by atoms with E-state index in [1.807, 2.05) is 24.3 Å². The van der Waals surface area contributed by atoms with Crippen LogP contribution in [0.2, 0.25) is 10.2 Å². The second-order valence-electron chi connectivity index (χ2n) is 4.67. The van der Waals surface area contributed by atoms with Crippen molar-refractivity contribution in [1.82, 2.24) is 9.97 Å². The van der Waals surface area contributed by atoms with Crippen LogP contribution in [0.1, 0.15) is 17.9 Å². The van der Waals surface area contributed by atoms with E-state index in [4.69, 9.17) is 23.2 Å². The molecule has 7 heteroatoms. The van der Waals surface area contributed by atoms with Crippen LogP contribution >= 0.6 is 23.2 Å². The summed E-state index contributed by atoms with van der Waals surface area (Å²) in [7, 11) is 0. The number of anilines is 2. The molecule has 1 aliphatic rings. The number of nitrogens with zero attached hydrogens (tertiary/aromatic N) is 2. The topological polar surface area (TPSA) is 66.9 Å². The van der Waals surface area contributed by atoms with Gasteiger partial charge in [-0.1, -0.05) is 41.4 Å². The van der Waals surface area contributed by atoms with E-state index in [1.165, 1.54) is 6.33 Å². The molecule has 0 aliphatic carbocycles. The van der Waals surface area contributed by atoms with Crippen LogP contribution in [0.15, 0.2) is 30.6 Å². The van der Waals surface area contributed by atoms with Gasteiger partial charge in [0.15, 0.2) is 11.0 Å². The van der Waals surface area contributed by atoms with Crippen molar-refractivity contribution in [3.8, 4) is 0 Å². The second kappa shape index (κ2) is 5.87.